The van der Waals surface area contributed by atoms with E-state index in [2.05, 4.69) is 62.3 Å². The van der Waals surface area contributed by atoms with Crippen molar-refractivity contribution in [1.29, 1.82) is 0 Å². The van der Waals surface area contributed by atoms with E-state index >= 15 is 0 Å². The first-order valence-electron chi connectivity index (χ1n) is 11.1. The van der Waals surface area contributed by atoms with Crippen LogP contribution < -0.4 is 0 Å². The Labute approximate surface area is 188 Å². The van der Waals surface area contributed by atoms with Crippen LogP contribution in [0, 0.1) is 13.8 Å². The van der Waals surface area contributed by atoms with E-state index in [0.29, 0.717) is 5.75 Å². The first-order valence-corrected chi connectivity index (χ1v) is 12.1. The van der Waals surface area contributed by atoms with Gasteiger partial charge in [-0.1, -0.05) is 42.1 Å². The number of likely N-dealkylation sites (tertiary alicyclic amines) is 1. The topological polar surface area (TPSA) is 56.0 Å². The van der Waals surface area contributed by atoms with Gasteiger partial charge in [0.1, 0.15) is 5.82 Å². The molecule has 3 heterocycles. The molecule has 0 aliphatic carbocycles. The van der Waals surface area contributed by atoms with E-state index in [0.717, 1.165) is 60.7 Å². The third kappa shape index (κ3) is 4.93. The number of carbonyl (C=O) groups is 1. The van der Waals surface area contributed by atoms with Crippen LogP contribution in [-0.4, -0.2) is 48.9 Å². The number of ketones is 1. The first kappa shape index (κ1) is 21.8. The molecular formula is C24H31N5OS. The van der Waals surface area contributed by atoms with Crippen LogP contribution in [0.5, 0.6) is 0 Å². The number of rotatable bonds is 9. The zero-order valence-electron chi connectivity index (χ0n) is 18.7. The zero-order chi connectivity index (χ0) is 21.8. The molecule has 6 nitrogen and oxygen atoms in total. The molecule has 31 heavy (non-hydrogen) atoms. The smallest absolute Gasteiger partial charge is 0.192 e. The first-order chi connectivity index (χ1) is 15.1. The van der Waals surface area contributed by atoms with Crippen molar-refractivity contribution in [3.8, 4) is 0 Å². The molecule has 0 unspecified atom stereocenters. The normalized spacial score (nSPS) is 14.4. The summed E-state index contributed by atoms with van der Waals surface area (Å²) in [5.41, 5.74) is 4.21. The molecule has 0 N–H and O–H groups in total. The summed E-state index contributed by atoms with van der Waals surface area (Å²) in [5, 5.41) is 9.80. The molecule has 0 spiro atoms. The average molecular weight is 438 g/mol. The molecule has 0 radical (unpaired) electrons. The van der Waals surface area contributed by atoms with Gasteiger partial charge in [-0.15, -0.1) is 10.2 Å². The van der Waals surface area contributed by atoms with E-state index < -0.39 is 0 Å². The molecule has 7 heteroatoms. The van der Waals surface area contributed by atoms with Crippen molar-refractivity contribution in [1.82, 2.24) is 24.2 Å². The third-order valence-corrected chi connectivity index (χ3v) is 7.03. The van der Waals surface area contributed by atoms with Crippen LogP contribution in [0.3, 0.4) is 0 Å². The van der Waals surface area contributed by atoms with Gasteiger partial charge in [0, 0.05) is 23.5 Å². The predicted molar refractivity (Wildman–Crippen MR) is 125 cm³/mol. The maximum Gasteiger partial charge on any atom is 0.192 e. The largest absolute Gasteiger partial charge is 0.349 e. The minimum atomic E-state index is 0.146. The Kier molecular flexibility index (Phi) is 6.92. The fourth-order valence-corrected chi connectivity index (χ4v) is 5.23. The van der Waals surface area contributed by atoms with Gasteiger partial charge in [-0.25, -0.2) is 0 Å². The molecule has 0 atom stereocenters. The van der Waals surface area contributed by atoms with E-state index in [9.17, 15) is 4.79 Å². The minimum Gasteiger partial charge on any atom is -0.349 e. The van der Waals surface area contributed by atoms with Gasteiger partial charge in [-0.05, 0) is 58.3 Å². The van der Waals surface area contributed by atoms with Gasteiger partial charge in [-0.3, -0.25) is 9.69 Å². The second-order valence-electron chi connectivity index (χ2n) is 8.19. The monoisotopic (exact) mass is 437 g/mol. The molecule has 1 saturated heterocycles. The maximum atomic E-state index is 13.0. The molecule has 164 valence electrons. The van der Waals surface area contributed by atoms with Crippen LogP contribution in [0.4, 0.5) is 0 Å². The fourth-order valence-electron chi connectivity index (χ4n) is 4.39. The Morgan fingerprint density at radius 3 is 2.45 bits per heavy atom. The number of carbonyl (C=O) groups excluding carboxylic acids is 1. The zero-order valence-corrected chi connectivity index (χ0v) is 19.5. The van der Waals surface area contributed by atoms with Crippen molar-refractivity contribution in [2.24, 2.45) is 0 Å². The molecule has 3 aromatic rings. The lowest BCUT2D eigenvalue weighted by Gasteiger charge is -2.16. The van der Waals surface area contributed by atoms with Crippen LogP contribution in [0.2, 0.25) is 0 Å². The molecular weight excluding hydrogens is 406 g/mol. The Morgan fingerprint density at radius 2 is 1.77 bits per heavy atom. The molecule has 4 rings (SSSR count). The molecule has 2 aromatic heterocycles. The number of hydrogen-bond acceptors (Lipinski definition) is 5. The third-order valence-electron chi connectivity index (χ3n) is 6.06. The number of nitrogens with zero attached hydrogens (tertiary/aromatic N) is 5. The van der Waals surface area contributed by atoms with E-state index in [1.165, 1.54) is 30.2 Å². The number of hydrogen-bond donors (Lipinski definition) is 0. The van der Waals surface area contributed by atoms with Crippen LogP contribution in [0.1, 0.15) is 52.9 Å². The van der Waals surface area contributed by atoms with Crippen LogP contribution >= 0.6 is 11.8 Å². The quantitative estimate of drug-likeness (QED) is 0.368. The Balaban J connectivity index is 1.53. The van der Waals surface area contributed by atoms with Crippen molar-refractivity contribution < 1.29 is 4.79 Å². The van der Waals surface area contributed by atoms with Gasteiger partial charge >= 0.3 is 0 Å². The van der Waals surface area contributed by atoms with Gasteiger partial charge in [0.05, 0.1) is 18.8 Å². The van der Waals surface area contributed by atoms with Crippen molar-refractivity contribution in [3.05, 3.63) is 64.7 Å². The maximum absolute atomic E-state index is 13.0. The number of aromatic nitrogens is 4. The van der Waals surface area contributed by atoms with Crippen molar-refractivity contribution in [3.63, 3.8) is 0 Å². The number of thioether (sulfide) groups is 1. The van der Waals surface area contributed by atoms with Gasteiger partial charge in [0.25, 0.3) is 0 Å². The summed E-state index contributed by atoms with van der Waals surface area (Å²) in [7, 11) is 0. The van der Waals surface area contributed by atoms with E-state index in [4.69, 9.17) is 0 Å². The summed E-state index contributed by atoms with van der Waals surface area (Å²) in [5.74, 6) is 1.49. The van der Waals surface area contributed by atoms with Gasteiger partial charge in [0.15, 0.2) is 10.9 Å². The average Bonchev–Trinajstić information content (AvgIpc) is 3.48. The van der Waals surface area contributed by atoms with E-state index in [1.807, 2.05) is 19.1 Å². The lowest BCUT2D eigenvalue weighted by molar-refractivity contribution is 0.102. The Bertz CT molecular complexity index is 1030. The van der Waals surface area contributed by atoms with Gasteiger partial charge in [0.2, 0.25) is 0 Å². The molecule has 0 bridgehead atoms. The van der Waals surface area contributed by atoms with Crippen LogP contribution in [0.15, 0.2) is 41.6 Å². The van der Waals surface area contributed by atoms with Crippen LogP contribution in [0.25, 0.3) is 0 Å². The number of benzene rings is 1. The second kappa shape index (κ2) is 9.83. The highest BCUT2D eigenvalue weighted by atomic mass is 32.2. The fraction of sp³-hybridized carbons (Fsp3) is 0.458. The van der Waals surface area contributed by atoms with E-state index in [1.54, 1.807) is 0 Å². The van der Waals surface area contributed by atoms with Crippen molar-refractivity contribution in [2.75, 3.05) is 18.8 Å². The van der Waals surface area contributed by atoms with Crippen LogP contribution in [-0.2, 0) is 19.6 Å². The second-order valence-corrected chi connectivity index (χ2v) is 9.14. The highest BCUT2D eigenvalue weighted by Gasteiger charge is 2.21. The lowest BCUT2D eigenvalue weighted by atomic mass is 10.2. The summed E-state index contributed by atoms with van der Waals surface area (Å²) >= 11 is 1.49. The number of Topliss-reactive ketones (excluding diaryl/α,β-unsaturated/α-hetero) is 1. The summed E-state index contributed by atoms with van der Waals surface area (Å²) in [6.45, 7) is 10.8. The minimum absolute atomic E-state index is 0.146. The molecule has 1 aliphatic rings. The molecule has 1 fully saturated rings. The Morgan fingerprint density at radius 1 is 1.03 bits per heavy atom. The van der Waals surface area contributed by atoms with Gasteiger partial charge in [-0.2, -0.15) is 0 Å². The molecule has 1 aromatic carbocycles. The SMILES string of the molecule is CCn1c(C)cc(C(=O)CSc2nnc(CN3CCCC3)n2Cc2ccccc2)c1C. The highest BCUT2D eigenvalue weighted by molar-refractivity contribution is 7.99. The van der Waals surface area contributed by atoms with E-state index in [-0.39, 0.29) is 5.78 Å². The molecule has 1 aliphatic heterocycles. The van der Waals surface area contributed by atoms with Crippen molar-refractivity contribution in [2.45, 2.75) is 58.4 Å². The van der Waals surface area contributed by atoms with Gasteiger partial charge < -0.3 is 9.13 Å². The standard InChI is InChI=1S/C24H31N5OS/c1-4-28-18(2)14-21(19(28)3)22(30)17-31-24-26-25-23(16-27-12-8-9-13-27)29(24)15-20-10-6-5-7-11-20/h5-7,10-11,14H,4,8-9,12-13,15-17H2,1-3H3. The highest BCUT2D eigenvalue weighted by Crippen LogP contribution is 2.24. The lowest BCUT2D eigenvalue weighted by Crippen LogP contribution is -2.21. The summed E-state index contributed by atoms with van der Waals surface area (Å²) < 4.78 is 4.37. The molecule has 0 amide bonds. The number of aryl methyl sites for hydroxylation is 1. The summed E-state index contributed by atoms with van der Waals surface area (Å²) in [6.07, 6.45) is 2.50. The predicted octanol–water partition coefficient (Wildman–Crippen LogP) is 4.34. The summed E-state index contributed by atoms with van der Waals surface area (Å²) in [6, 6.07) is 12.4. The summed E-state index contributed by atoms with van der Waals surface area (Å²) in [4.78, 5) is 15.4. The molecule has 0 saturated carbocycles. The van der Waals surface area contributed by atoms with Crippen molar-refractivity contribution >= 4 is 17.5 Å². The Hall–Kier alpha value is -2.38.